The third-order valence-corrected chi connectivity index (χ3v) is 4.26. The fraction of sp³-hybridized carbons (Fsp3) is 0.143. The van der Waals surface area contributed by atoms with Gasteiger partial charge < -0.3 is 9.15 Å². The molecule has 2 aromatic carbocycles. The Morgan fingerprint density at radius 3 is 2.59 bits per heavy atom. The van der Waals surface area contributed by atoms with Gasteiger partial charge in [-0.05, 0) is 17.7 Å². The minimum atomic E-state index is -0.168. The fourth-order valence-electron chi connectivity index (χ4n) is 2.96. The first-order valence-electron chi connectivity index (χ1n) is 8.49. The van der Waals surface area contributed by atoms with Gasteiger partial charge in [0.2, 0.25) is 0 Å². The van der Waals surface area contributed by atoms with E-state index in [1.807, 2.05) is 42.5 Å². The van der Waals surface area contributed by atoms with Crippen LogP contribution in [-0.2, 0) is 6.42 Å². The monoisotopic (exact) mass is 359 g/mol. The van der Waals surface area contributed by atoms with Crippen molar-refractivity contribution in [2.45, 2.75) is 13.3 Å². The molecule has 0 N–H and O–H groups in total. The molecule has 0 aliphatic heterocycles. The van der Waals surface area contributed by atoms with E-state index in [0.29, 0.717) is 28.5 Å². The van der Waals surface area contributed by atoms with Crippen molar-refractivity contribution in [1.82, 2.24) is 15.0 Å². The Morgan fingerprint density at radius 2 is 1.89 bits per heavy atom. The molecule has 6 heteroatoms. The summed E-state index contributed by atoms with van der Waals surface area (Å²) in [5.74, 6) is 0.902. The summed E-state index contributed by atoms with van der Waals surface area (Å²) in [5.41, 5.74) is 4.20. The fourth-order valence-corrected chi connectivity index (χ4v) is 2.96. The van der Waals surface area contributed by atoms with E-state index in [2.05, 4.69) is 15.0 Å². The second kappa shape index (κ2) is 6.99. The maximum atomic E-state index is 12.4. The number of aromatic nitrogens is 3. The molecule has 4 rings (SSSR count). The van der Waals surface area contributed by atoms with Crippen LogP contribution < -0.4 is 4.74 Å². The molecule has 134 valence electrons. The van der Waals surface area contributed by atoms with Gasteiger partial charge in [-0.3, -0.25) is 9.78 Å². The Morgan fingerprint density at radius 1 is 1.07 bits per heavy atom. The lowest BCUT2D eigenvalue weighted by atomic mass is 10.0. The van der Waals surface area contributed by atoms with E-state index in [-0.39, 0.29) is 12.2 Å². The Bertz CT molecular complexity index is 1120. The number of carbonyl (C=O) groups excluding carboxylic acids is 1. The number of benzene rings is 2. The molecule has 0 aliphatic rings. The predicted octanol–water partition coefficient (Wildman–Crippen LogP) is 4.03. The number of oxazole rings is 1. The average Bonchev–Trinajstić information content (AvgIpc) is 3.14. The summed E-state index contributed by atoms with van der Waals surface area (Å²) in [4.78, 5) is 25.7. The number of ketones is 1. The maximum Gasteiger partial charge on any atom is 0.191 e. The standard InChI is InChI=1S/C21H17N3O3/c1-13-23-17(12-27-13)18(25)10-15-11-22-20-16(14-6-4-3-5-7-14)8-9-19(26-2)21(20)24-15/h3-9,11-12H,10H2,1-2H3. The quantitative estimate of drug-likeness (QED) is 0.501. The van der Waals surface area contributed by atoms with E-state index in [1.165, 1.54) is 6.26 Å². The van der Waals surface area contributed by atoms with Crippen molar-refractivity contribution in [3.63, 3.8) is 0 Å². The molecular formula is C21H17N3O3. The normalized spacial score (nSPS) is 10.9. The van der Waals surface area contributed by atoms with Crippen molar-refractivity contribution in [1.29, 1.82) is 0 Å². The zero-order chi connectivity index (χ0) is 18.8. The van der Waals surface area contributed by atoms with Crippen LogP contribution in [-0.4, -0.2) is 27.8 Å². The van der Waals surface area contributed by atoms with Crippen molar-refractivity contribution in [3.05, 3.63) is 72.2 Å². The second-order valence-corrected chi connectivity index (χ2v) is 6.09. The van der Waals surface area contributed by atoms with Crippen molar-refractivity contribution < 1.29 is 13.9 Å². The minimum absolute atomic E-state index is 0.0909. The number of ether oxygens (including phenoxy) is 1. The highest BCUT2D eigenvalue weighted by atomic mass is 16.5. The molecule has 0 saturated heterocycles. The van der Waals surface area contributed by atoms with E-state index in [9.17, 15) is 4.79 Å². The number of fused-ring (bicyclic) bond motifs is 1. The highest BCUT2D eigenvalue weighted by molar-refractivity contribution is 5.97. The Balaban J connectivity index is 1.76. The zero-order valence-corrected chi connectivity index (χ0v) is 15.0. The van der Waals surface area contributed by atoms with E-state index >= 15 is 0 Å². The van der Waals surface area contributed by atoms with E-state index in [1.54, 1.807) is 20.2 Å². The van der Waals surface area contributed by atoms with Crippen LogP contribution in [0.2, 0.25) is 0 Å². The number of Topliss-reactive ketones (excluding diaryl/α,β-unsaturated/α-hetero) is 1. The van der Waals surface area contributed by atoms with Gasteiger partial charge in [-0.2, -0.15) is 0 Å². The molecule has 0 atom stereocenters. The third kappa shape index (κ3) is 3.29. The molecule has 0 saturated carbocycles. The molecule has 0 unspecified atom stereocenters. The molecule has 0 amide bonds. The van der Waals surface area contributed by atoms with Crippen LogP contribution in [0.4, 0.5) is 0 Å². The van der Waals surface area contributed by atoms with Crippen LogP contribution in [0.1, 0.15) is 22.1 Å². The first-order chi connectivity index (χ1) is 13.2. The average molecular weight is 359 g/mol. The minimum Gasteiger partial charge on any atom is -0.494 e. The van der Waals surface area contributed by atoms with Crippen LogP contribution >= 0.6 is 0 Å². The first-order valence-corrected chi connectivity index (χ1v) is 8.49. The maximum absolute atomic E-state index is 12.4. The number of nitrogens with zero attached hydrogens (tertiary/aromatic N) is 3. The number of hydrogen-bond donors (Lipinski definition) is 0. The molecule has 27 heavy (non-hydrogen) atoms. The Kier molecular flexibility index (Phi) is 4.38. The number of carbonyl (C=O) groups is 1. The topological polar surface area (TPSA) is 78.1 Å². The molecule has 0 bridgehead atoms. The molecule has 6 nitrogen and oxygen atoms in total. The zero-order valence-electron chi connectivity index (χ0n) is 15.0. The first kappa shape index (κ1) is 16.9. The summed E-state index contributed by atoms with van der Waals surface area (Å²) in [7, 11) is 1.59. The molecule has 2 heterocycles. The lowest BCUT2D eigenvalue weighted by Gasteiger charge is -2.10. The summed E-state index contributed by atoms with van der Waals surface area (Å²) < 4.78 is 10.6. The number of hydrogen-bond acceptors (Lipinski definition) is 6. The van der Waals surface area contributed by atoms with Gasteiger partial charge in [-0.1, -0.05) is 30.3 Å². The van der Waals surface area contributed by atoms with Gasteiger partial charge in [0, 0.05) is 18.7 Å². The molecule has 0 fully saturated rings. The van der Waals surface area contributed by atoms with Crippen molar-refractivity contribution >= 4 is 16.8 Å². The number of methoxy groups -OCH3 is 1. The predicted molar refractivity (Wildman–Crippen MR) is 101 cm³/mol. The highest BCUT2D eigenvalue weighted by Gasteiger charge is 2.16. The number of aryl methyl sites for hydroxylation is 1. The van der Waals surface area contributed by atoms with Crippen LogP contribution in [0.5, 0.6) is 5.75 Å². The van der Waals surface area contributed by atoms with Crippen LogP contribution in [0.15, 0.2) is 59.3 Å². The number of rotatable bonds is 5. The second-order valence-electron chi connectivity index (χ2n) is 6.09. The molecule has 2 aromatic heterocycles. The van der Waals surface area contributed by atoms with Crippen LogP contribution in [0.3, 0.4) is 0 Å². The van der Waals surface area contributed by atoms with Crippen molar-refractivity contribution in [2.75, 3.05) is 7.11 Å². The Hall–Kier alpha value is -3.54. The molecule has 0 aliphatic carbocycles. The summed E-state index contributed by atoms with van der Waals surface area (Å²) in [6.45, 7) is 1.70. The van der Waals surface area contributed by atoms with Gasteiger partial charge in [-0.25, -0.2) is 9.97 Å². The van der Waals surface area contributed by atoms with Crippen molar-refractivity contribution in [3.8, 4) is 16.9 Å². The van der Waals surface area contributed by atoms with E-state index in [0.717, 1.165) is 16.6 Å². The van der Waals surface area contributed by atoms with Gasteiger partial charge in [0.1, 0.15) is 28.7 Å². The van der Waals surface area contributed by atoms with Crippen LogP contribution in [0, 0.1) is 6.92 Å². The van der Waals surface area contributed by atoms with Gasteiger partial charge >= 0.3 is 0 Å². The van der Waals surface area contributed by atoms with Gasteiger partial charge in [-0.15, -0.1) is 0 Å². The molecule has 0 radical (unpaired) electrons. The van der Waals surface area contributed by atoms with Crippen LogP contribution in [0.25, 0.3) is 22.2 Å². The molecular weight excluding hydrogens is 342 g/mol. The SMILES string of the molecule is COc1ccc(-c2ccccc2)c2ncc(CC(=O)c3coc(C)n3)nc12. The van der Waals surface area contributed by atoms with E-state index < -0.39 is 0 Å². The lowest BCUT2D eigenvalue weighted by molar-refractivity contribution is 0.0987. The largest absolute Gasteiger partial charge is 0.494 e. The Labute approximate surface area is 155 Å². The summed E-state index contributed by atoms with van der Waals surface area (Å²) in [6.07, 6.45) is 3.08. The molecule has 4 aromatic rings. The highest BCUT2D eigenvalue weighted by Crippen LogP contribution is 2.32. The van der Waals surface area contributed by atoms with Gasteiger partial charge in [0.25, 0.3) is 0 Å². The van der Waals surface area contributed by atoms with Gasteiger partial charge in [0.05, 0.1) is 19.2 Å². The lowest BCUT2D eigenvalue weighted by Crippen LogP contribution is -2.07. The summed E-state index contributed by atoms with van der Waals surface area (Å²) in [6, 6.07) is 13.8. The third-order valence-electron chi connectivity index (χ3n) is 4.26. The summed E-state index contributed by atoms with van der Waals surface area (Å²) in [5, 5.41) is 0. The summed E-state index contributed by atoms with van der Waals surface area (Å²) >= 11 is 0. The molecule has 0 spiro atoms. The van der Waals surface area contributed by atoms with Gasteiger partial charge in [0.15, 0.2) is 11.7 Å². The van der Waals surface area contributed by atoms with E-state index in [4.69, 9.17) is 9.15 Å². The smallest absolute Gasteiger partial charge is 0.191 e. The van der Waals surface area contributed by atoms with Crippen molar-refractivity contribution in [2.24, 2.45) is 0 Å².